The summed E-state index contributed by atoms with van der Waals surface area (Å²) in [5, 5.41) is 8.77. The number of halogens is 2. The molecule has 6 nitrogen and oxygen atoms in total. The lowest BCUT2D eigenvalue weighted by atomic mass is 9.97. The summed E-state index contributed by atoms with van der Waals surface area (Å²) >= 11 is 12.2. The molecule has 2 amide bonds. The molecule has 2 aromatic heterocycles. The van der Waals surface area contributed by atoms with Gasteiger partial charge >= 0.3 is 0 Å². The number of hydrogen-bond acceptors (Lipinski definition) is 4. The van der Waals surface area contributed by atoms with Gasteiger partial charge in [-0.05, 0) is 61.4 Å². The highest BCUT2D eigenvalue weighted by atomic mass is 35.5. The SMILES string of the molecule is Cc1c(-c2ccc(Cl)cc2)nc2ccccc2c1C(=O)NCCNC(=O)c1c(C)c(-c2ccc(Cl)cc2)nc2ccccc12. The molecular weight excluding hydrogens is 591 g/mol. The topological polar surface area (TPSA) is 84.0 Å². The normalized spacial score (nSPS) is 11.1. The van der Waals surface area contributed by atoms with Gasteiger partial charge in [-0.1, -0.05) is 83.9 Å². The van der Waals surface area contributed by atoms with Crippen LogP contribution < -0.4 is 10.6 Å². The molecule has 218 valence electrons. The van der Waals surface area contributed by atoms with Crippen molar-refractivity contribution in [1.82, 2.24) is 20.6 Å². The third kappa shape index (κ3) is 5.74. The molecule has 4 aromatic carbocycles. The van der Waals surface area contributed by atoms with Gasteiger partial charge in [0.1, 0.15) is 0 Å². The maximum Gasteiger partial charge on any atom is 0.252 e. The molecule has 6 aromatic rings. The number of pyridine rings is 2. The van der Waals surface area contributed by atoms with Crippen LogP contribution in [-0.4, -0.2) is 34.9 Å². The minimum absolute atomic E-state index is 0.235. The highest BCUT2D eigenvalue weighted by molar-refractivity contribution is 6.31. The van der Waals surface area contributed by atoms with Crippen LogP contribution in [-0.2, 0) is 0 Å². The largest absolute Gasteiger partial charge is 0.350 e. The van der Waals surface area contributed by atoms with Gasteiger partial charge < -0.3 is 10.6 Å². The molecule has 8 heteroatoms. The highest BCUT2D eigenvalue weighted by Gasteiger charge is 2.21. The predicted molar refractivity (Wildman–Crippen MR) is 179 cm³/mol. The van der Waals surface area contributed by atoms with Crippen LogP contribution in [0.4, 0.5) is 0 Å². The Bertz CT molecular complexity index is 1890. The number of rotatable bonds is 7. The number of benzene rings is 4. The van der Waals surface area contributed by atoms with Gasteiger partial charge in [0, 0.05) is 45.0 Å². The molecule has 0 fully saturated rings. The molecule has 0 aliphatic rings. The van der Waals surface area contributed by atoms with Crippen LogP contribution in [0.25, 0.3) is 44.3 Å². The van der Waals surface area contributed by atoms with E-state index in [-0.39, 0.29) is 24.9 Å². The molecule has 44 heavy (non-hydrogen) atoms. The smallest absolute Gasteiger partial charge is 0.252 e. The van der Waals surface area contributed by atoms with Crippen molar-refractivity contribution < 1.29 is 9.59 Å². The van der Waals surface area contributed by atoms with Gasteiger partial charge in [-0.15, -0.1) is 0 Å². The lowest BCUT2D eigenvalue weighted by molar-refractivity contribution is 0.0928. The van der Waals surface area contributed by atoms with Gasteiger partial charge in [0.2, 0.25) is 0 Å². The zero-order valence-electron chi connectivity index (χ0n) is 24.1. The number of aromatic nitrogens is 2. The summed E-state index contributed by atoms with van der Waals surface area (Å²) in [6, 6.07) is 30.0. The van der Waals surface area contributed by atoms with Crippen LogP contribution in [0.2, 0.25) is 10.0 Å². The van der Waals surface area contributed by atoms with Gasteiger partial charge in [-0.2, -0.15) is 0 Å². The Hall–Kier alpha value is -4.78. The summed E-state index contributed by atoms with van der Waals surface area (Å²) in [6.07, 6.45) is 0. The maximum atomic E-state index is 13.6. The zero-order chi connectivity index (χ0) is 30.8. The van der Waals surface area contributed by atoms with Crippen LogP contribution in [0, 0.1) is 13.8 Å². The number of nitrogens with zero attached hydrogens (tertiary/aromatic N) is 2. The van der Waals surface area contributed by atoms with Crippen molar-refractivity contribution in [3.05, 3.63) is 129 Å². The molecule has 6 rings (SSSR count). The van der Waals surface area contributed by atoms with E-state index in [0.29, 0.717) is 21.2 Å². The predicted octanol–water partition coefficient (Wildman–Crippen LogP) is 8.20. The van der Waals surface area contributed by atoms with E-state index in [0.717, 1.165) is 55.4 Å². The fourth-order valence-corrected chi connectivity index (χ4v) is 5.76. The average molecular weight is 620 g/mol. The van der Waals surface area contributed by atoms with E-state index in [1.807, 2.05) is 111 Å². The first kappa shape index (κ1) is 29.3. The summed E-state index contributed by atoms with van der Waals surface area (Å²) in [5.74, 6) is -0.470. The zero-order valence-corrected chi connectivity index (χ0v) is 25.6. The monoisotopic (exact) mass is 618 g/mol. The third-order valence-corrected chi connectivity index (χ3v) is 8.16. The second-order valence-electron chi connectivity index (χ2n) is 10.5. The van der Waals surface area contributed by atoms with E-state index in [1.165, 1.54) is 0 Å². The van der Waals surface area contributed by atoms with E-state index in [4.69, 9.17) is 33.2 Å². The highest BCUT2D eigenvalue weighted by Crippen LogP contribution is 2.32. The van der Waals surface area contributed by atoms with Gasteiger partial charge in [0.25, 0.3) is 11.8 Å². The molecule has 0 saturated carbocycles. The molecule has 0 saturated heterocycles. The van der Waals surface area contributed by atoms with Crippen molar-refractivity contribution >= 4 is 56.8 Å². The lowest BCUT2D eigenvalue weighted by Gasteiger charge is -2.16. The first-order valence-corrected chi connectivity index (χ1v) is 14.9. The van der Waals surface area contributed by atoms with Crippen molar-refractivity contribution in [2.75, 3.05) is 13.1 Å². The van der Waals surface area contributed by atoms with Crippen molar-refractivity contribution in [3.63, 3.8) is 0 Å². The first-order valence-electron chi connectivity index (χ1n) is 14.2. The number of para-hydroxylation sites is 2. The van der Waals surface area contributed by atoms with Crippen molar-refractivity contribution in [2.45, 2.75) is 13.8 Å². The quantitative estimate of drug-likeness (QED) is 0.177. The molecule has 0 atom stereocenters. The van der Waals surface area contributed by atoms with Crippen molar-refractivity contribution in [2.24, 2.45) is 0 Å². The van der Waals surface area contributed by atoms with E-state index in [1.54, 1.807) is 0 Å². The Balaban J connectivity index is 1.23. The molecule has 2 heterocycles. The van der Waals surface area contributed by atoms with Gasteiger partial charge in [0.15, 0.2) is 0 Å². The van der Waals surface area contributed by atoms with Gasteiger partial charge in [-0.25, -0.2) is 9.97 Å². The standard InChI is InChI=1S/C36H28Cl2N4O2/c1-21-31(27-7-3-5-9-29(27)41-33(21)23-11-15-25(37)16-12-23)35(43)39-19-20-40-36(44)32-22(2)34(24-13-17-26(38)18-14-24)42-30-10-6-4-8-28(30)32/h3-18H,19-20H2,1-2H3,(H,39,43)(H,40,44). The number of nitrogens with one attached hydrogen (secondary N) is 2. The summed E-state index contributed by atoms with van der Waals surface area (Å²) < 4.78 is 0. The van der Waals surface area contributed by atoms with Crippen LogP contribution >= 0.6 is 23.2 Å². The average Bonchev–Trinajstić information content (AvgIpc) is 3.03. The molecule has 0 spiro atoms. The summed E-state index contributed by atoms with van der Waals surface area (Å²) in [7, 11) is 0. The van der Waals surface area contributed by atoms with Crippen molar-refractivity contribution in [3.8, 4) is 22.5 Å². The van der Waals surface area contributed by atoms with Crippen LogP contribution in [0.3, 0.4) is 0 Å². The maximum absolute atomic E-state index is 13.6. The third-order valence-electron chi connectivity index (χ3n) is 7.66. The molecule has 0 aliphatic heterocycles. The number of hydrogen-bond donors (Lipinski definition) is 2. The number of carbonyl (C=O) groups is 2. The summed E-state index contributed by atoms with van der Waals surface area (Å²) in [5.41, 5.74) is 7.25. The molecule has 0 aliphatic carbocycles. The van der Waals surface area contributed by atoms with E-state index in [2.05, 4.69) is 10.6 Å². The van der Waals surface area contributed by atoms with E-state index in [9.17, 15) is 9.59 Å². The molecule has 0 unspecified atom stereocenters. The number of fused-ring (bicyclic) bond motifs is 2. The Morgan fingerprint density at radius 3 is 1.32 bits per heavy atom. The summed E-state index contributed by atoms with van der Waals surface area (Å²) in [4.78, 5) is 36.9. The Morgan fingerprint density at radius 1 is 0.568 bits per heavy atom. The number of carbonyl (C=O) groups excluding carboxylic acids is 2. The second kappa shape index (κ2) is 12.4. The fourth-order valence-electron chi connectivity index (χ4n) is 5.51. The van der Waals surface area contributed by atoms with Crippen molar-refractivity contribution in [1.29, 1.82) is 0 Å². The van der Waals surface area contributed by atoms with Crippen LogP contribution in [0.5, 0.6) is 0 Å². The lowest BCUT2D eigenvalue weighted by Crippen LogP contribution is -2.35. The molecule has 0 bridgehead atoms. The fraction of sp³-hybridized carbons (Fsp3) is 0.111. The number of amides is 2. The van der Waals surface area contributed by atoms with E-state index < -0.39 is 0 Å². The van der Waals surface area contributed by atoms with Gasteiger partial charge in [0.05, 0.1) is 33.5 Å². The van der Waals surface area contributed by atoms with Crippen LogP contribution in [0.15, 0.2) is 97.1 Å². The molecule has 2 N–H and O–H groups in total. The Kier molecular flexibility index (Phi) is 8.29. The molecule has 0 radical (unpaired) electrons. The minimum Gasteiger partial charge on any atom is -0.350 e. The molecular formula is C36H28Cl2N4O2. The minimum atomic E-state index is -0.235. The summed E-state index contributed by atoms with van der Waals surface area (Å²) in [6.45, 7) is 4.28. The van der Waals surface area contributed by atoms with Gasteiger partial charge in [-0.3, -0.25) is 9.59 Å². The second-order valence-corrected chi connectivity index (χ2v) is 11.4. The van der Waals surface area contributed by atoms with E-state index >= 15 is 0 Å². The Morgan fingerprint density at radius 2 is 0.932 bits per heavy atom. The van der Waals surface area contributed by atoms with Crippen LogP contribution in [0.1, 0.15) is 31.8 Å². The first-order chi connectivity index (χ1) is 21.3. The Labute approximate surface area is 265 Å².